The number of hydrogen-bond donors (Lipinski definition) is 0. The highest BCUT2D eigenvalue weighted by atomic mass is 28.3. The molecule has 0 saturated carbocycles. The van der Waals surface area contributed by atoms with Crippen LogP contribution in [0.25, 0.3) is 0 Å². The van der Waals surface area contributed by atoms with Gasteiger partial charge in [-0.1, -0.05) is 73.5 Å². The van der Waals surface area contributed by atoms with Crippen LogP contribution in [0.5, 0.6) is 0 Å². The van der Waals surface area contributed by atoms with Crippen molar-refractivity contribution >= 4 is 8.80 Å². The highest BCUT2D eigenvalue weighted by molar-refractivity contribution is 6.59. The topological polar surface area (TPSA) is 0 Å². The van der Waals surface area contributed by atoms with E-state index >= 15 is 0 Å². The summed E-state index contributed by atoms with van der Waals surface area (Å²) in [6.07, 6.45) is 0. The van der Waals surface area contributed by atoms with Crippen LogP contribution in [0, 0.1) is 16.7 Å². The molecule has 0 saturated heterocycles. The molecule has 0 atom stereocenters. The van der Waals surface area contributed by atoms with Crippen LogP contribution in [0.2, 0.25) is 18.1 Å². The van der Waals surface area contributed by atoms with E-state index < -0.39 is 8.80 Å². The highest BCUT2D eigenvalue weighted by Crippen LogP contribution is 2.32. The van der Waals surface area contributed by atoms with E-state index in [0.717, 1.165) is 5.92 Å². The predicted molar refractivity (Wildman–Crippen MR) is 75.3 cm³/mol. The minimum atomic E-state index is -0.542. The lowest BCUT2D eigenvalue weighted by Crippen LogP contribution is -2.27. The lowest BCUT2D eigenvalue weighted by Gasteiger charge is -2.31. The van der Waals surface area contributed by atoms with Gasteiger partial charge in [0.2, 0.25) is 0 Å². The van der Waals surface area contributed by atoms with Crippen molar-refractivity contribution < 1.29 is 0 Å². The third kappa shape index (κ3) is 10.5. The van der Waals surface area contributed by atoms with Gasteiger partial charge in [0.1, 0.15) is 0 Å². The molecule has 0 rings (SSSR count). The highest BCUT2D eigenvalue weighted by Gasteiger charge is 2.25. The largest absolute Gasteiger partial charge is 0.0631 e. The molecule has 0 nitrogen and oxygen atoms in total. The molecule has 0 aliphatic heterocycles. The second-order valence-electron chi connectivity index (χ2n) is 8.03. The van der Waals surface area contributed by atoms with Gasteiger partial charge in [0.15, 0.2) is 0 Å². The van der Waals surface area contributed by atoms with Crippen LogP contribution in [0.4, 0.5) is 0 Å². The number of hydrogen-bond acceptors (Lipinski definition) is 0. The summed E-state index contributed by atoms with van der Waals surface area (Å²) in [5, 5.41) is 0. The lowest BCUT2D eigenvalue weighted by atomic mass is 10.00. The Bertz CT molecular complexity index is 153. The molecule has 0 aliphatic carbocycles. The Kier molecular flexibility index (Phi) is 5.60. The average molecular weight is 228 g/mol. The first-order chi connectivity index (χ1) is 6.49. The third-order valence-corrected chi connectivity index (χ3v) is 7.82. The molecule has 0 fully saturated rings. The van der Waals surface area contributed by atoms with Gasteiger partial charge in [-0.2, -0.15) is 0 Å². The fourth-order valence-electron chi connectivity index (χ4n) is 2.64. The minimum absolute atomic E-state index is 0.539. The Morgan fingerprint density at radius 2 is 1.13 bits per heavy atom. The van der Waals surface area contributed by atoms with Crippen molar-refractivity contribution in [3.63, 3.8) is 0 Å². The SMILES string of the molecule is CC(C)C[SiH](CC(C)(C)C)CC(C)(C)C. The van der Waals surface area contributed by atoms with E-state index in [-0.39, 0.29) is 0 Å². The van der Waals surface area contributed by atoms with Crippen molar-refractivity contribution in [1.29, 1.82) is 0 Å². The molecule has 0 aliphatic rings. The van der Waals surface area contributed by atoms with E-state index in [1.54, 1.807) is 0 Å². The van der Waals surface area contributed by atoms with Crippen LogP contribution >= 0.6 is 0 Å². The maximum Gasteiger partial charge on any atom is 0.0380 e. The van der Waals surface area contributed by atoms with Crippen molar-refractivity contribution in [1.82, 2.24) is 0 Å². The Labute approximate surface area is 99.5 Å². The molecule has 0 N–H and O–H groups in total. The van der Waals surface area contributed by atoms with Gasteiger partial charge in [-0.25, -0.2) is 0 Å². The summed E-state index contributed by atoms with van der Waals surface area (Å²) in [5.41, 5.74) is 1.08. The van der Waals surface area contributed by atoms with Crippen LogP contribution in [-0.2, 0) is 0 Å². The van der Waals surface area contributed by atoms with Crippen LogP contribution < -0.4 is 0 Å². The van der Waals surface area contributed by atoms with Gasteiger partial charge >= 0.3 is 0 Å². The molecule has 0 aromatic rings. The third-order valence-electron chi connectivity index (χ3n) is 2.61. The van der Waals surface area contributed by atoms with E-state index in [2.05, 4.69) is 55.4 Å². The fraction of sp³-hybridized carbons (Fsp3) is 1.00. The van der Waals surface area contributed by atoms with E-state index in [1.165, 1.54) is 18.1 Å². The summed E-state index contributed by atoms with van der Waals surface area (Å²) in [6, 6.07) is 4.53. The maximum atomic E-state index is 2.40. The molecule has 0 aromatic heterocycles. The van der Waals surface area contributed by atoms with Gasteiger partial charge in [0, 0.05) is 8.80 Å². The average Bonchev–Trinajstić information content (AvgIpc) is 1.73. The normalized spacial score (nSPS) is 14.0. The molecule has 0 heterocycles. The summed E-state index contributed by atoms with van der Waals surface area (Å²) < 4.78 is 0. The Hall–Kier alpha value is 0.217. The van der Waals surface area contributed by atoms with Gasteiger partial charge in [0.25, 0.3) is 0 Å². The maximum absolute atomic E-state index is 2.40. The zero-order valence-corrected chi connectivity index (χ0v) is 13.4. The molecule has 92 valence electrons. The van der Waals surface area contributed by atoms with Crippen LogP contribution in [0.1, 0.15) is 55.4 Å². The summed E-state index contributed by atoms with van der Waals surface area (Å²) in [7, 11) is -0.542. The van der Waals surface area contributed by atoms with Crippen LogP contribution in [-0.4, -0.2) is 8.80 Å². The molecular weight excluding hydrogens is 196 g/mol. The molecule has 0 unspecified atom stereocenters. The molecule has 0 bridgehead atoms. The van der Waals surface area contributed by atoms with Gasteiger partial charge < -0.3 is 0 Å². The second-order valence-corrected chi connectivity index (χ2v) is 11.0. The van der Waals surface area contributed by atoms with Crippen molar-refractivity contribution in [3.05, 3.63) is 0 Å². The Morgan fingerprint density at radius 3 is 1.33 bits per heavy atom. The fourth-order valence-corrected chi connectivity index (χ4v) is 7.91. The minimum Gasteiger partial charge on any atom is -0.0631 e. The molecule has 0 amide bonds. The van der Waals surface area contributed by atoms with Crippen molar-refractivity contribution in [3.8, 4) is 0 Å². The Morgan fingerprint density at radius 1 is 0.800 bits per heavy atom. The Balaban J connectivity index is 4.32. The summed E-state index contributed by atoms with van der Waals surface area (Å²) >= 11 is 0. The zero-order chi connectivity index (χ0) is 12.3. The first-order valence-corrected chi connectivity index (χ1v) is 8.94. The van der Waals surface area contributed by atoms with E-state index in [9.17, 15) is 0 Å². The smallest absolute Gasteiger partial charge is 0.0380 e. The first-order valence-electron chi connectivity index (χ1n) is 6.49. The monoisotopic (exact) mass is 228 g/mol. The molecule has 0 spiro atoms. The second kappa shape index (κ2) is 5.52. The quantitative estimate of drug-likeness (QED) is 0.597. The van der Waals surface area contributed by atoms with E-state index in [4.69, 9.17) is 0 Å². The zero-order valence-electron chi connectivity index (χ0n) is 12.3. The molecular formula is C14H32Si. The van der Waals surface area contributed by atoms with Crippen LogP contribution in [0.3, 0.4) is 0 Å². The standard InChI is InChI=1S/C14H32Si/c1-12(2)9-15(10-13(3,4)5)11-14(6,7)8/h12,15H,9-11H2,1-8H3. The summed E-state index contributed by atoms with van der Waals surface area (Å²) in [6.45, 7) is 19.2. The lowest BCUT2D eigenvalue weighted by molar-refractivity contribution is 0.436. The molecule has 0 radical (unpaired) electrons. The van der Waals surface area contributed by atoms with Crippen molar-refractivity contribution in [2.24, 2.45) is 16.7 Å². The summed E-state index contributed by atoms with van der Waals surface area (Å²) in [4.78, 5) is 0. The first kappa shape index (κ1) is 15.2. The van der Waals surface area contributed by atoms with Gasteiger partial charge in [0.05, 0.1) is 0 Å². The van der Waals surface area contributed by atoms with Gasteiger partial charge in [-0.15, -0.1) is 0 Å². The van der Waals surface area contributed by atoms with Crippen molar-refractivity contribution in [2.45, 2.75) is 73.5 Å². The molecule has 1 heteroatoms. The predicted octanol–water partition coefficient (Wildman–Crippen LogP) is 4.96. The van der Waals surface area contributed by atoms with Gasteiger partial charge in [-0.05, 0) is 16.7 Å². The molecule has 0 aromatic carbocycles. The summed E-state index contributed by atoms with van der Waals surface area (Å²) in [5.74, 6) is 0.895. The van der Waals surface area contributed by atoms with Crippen LogP contribution in [0.15, 0.2) is 0 Å². The van der Waals surface area contributed by atoms with E-state index in [1.807, 2.05) is 0 Å². The van der Waals surface area contributed by atoms with E-state index in [0.29, 0.717) is 10.8 Å². The van der Waals surface area contributed by atoms with Gasteiger partial charge in [-0.3, -0.25) is 0 Å². The number of rotatable bonds is 4. The molecule has 15 heavy (non-hydrogen) atoms. The van der Waals surface area contributed by atoms with Crippen molar-refractivity contribution in [2.75, 3.05) is 0 Å².